The third kappa shape index (κ3) is 4.57. The van der Waals surface area contributed by atoms with Crippen LogP contribution in [0.2, 0.25) is 0 Å². The number of methoxy groups -OCH3 is 1. The van der Waals surface area contributed by atoms with E-state index in [1.54, 1.807) is 0 Å². The molecule has 0 aromatic heterocycles. The second-order valence-corrected chi connectivity index (χ2v) is 8.31. The maximum atomic E-state index is 13.7. The molecule has 0 unspecified atom stereocenters. The minimum Gasteiger partial charge on any atom is -0.495 e. The molecule has 7 nitrogen and oxygen atoms in total. The van der Waals surface area contributed by atoms with Crippen molar-refractivity contribution in [1.82, 2.24) is 0 Å². The predicted octanol–water partition coefficient (Wildman–Crippen LogP) is 2.15. The molecule has 2 aromatic carbocycles. The number of hydrogen-bond donors (Lipinski definition) is 2. The highest BCUT2D eigenvalue weighted by molar-refractivity contribution is 7.92. The topological polar surface area (TPSA) is 102 Å². The quantitative estimate of drug-likeness (QED) is 0.784. The normalized spacial score (nSPS) is 11.8. The van der Waals surface area contributed by atoms with E-state index in [4.69, 9.17) is 4.74 Å². The summed E-state index contributed by atoms with van der Waals surface area (Å²) in [6.07, 6.45) is 0.901. The molecule has 0 amide bonds. The van der Waals surface area contributed by atoms with Gasteiger partial charge in [0.2, 0.25) is 10.0 Å². The predicted molar refractivity (Wildman–Crippen MR) is 88.6 cm³/mol. The summed E-state index contributed by atoms with van der Waals surface area (Å²) >= 11 is 0. The van der Waals surface area contributed by atoms with Crippen molar-refractivity contribution in [2.75, 3.05) is 22.8 Å². The van der Waals surface area contributed by atoms with Crippen LogP contribution in [0.1, 0.15) is 0 Å². The van der Waals surface area contributed by atoms with E-state index in [-0.39, 0.29) is 17.1 Å². The minimum atomic E-state index is -4.57. The van der Waals surface area contributed by atoms with Gasteiger partial charge in [-0.2, -0.15) is 0 Å². The van der Waals surface area contributed by atoms with Crippen LogP contribution in [-0.2, 0) is 20.0 Å². The van der Waals surface area contributed by atoms with Gasteiger partial charge < -0.3 is 4.74 Å². The zero-order valence-electron chi connectivity index (χ0n) is 13.1. The summed E-state index contributed by atoms with van der Waals surface area (Å²) in [7, 11) is -6.94. The number of benzene rings is 2. The van der Waals surface area contributed by atoms with Crippen LogP contribution in [0.4, 0.5) is 20.2 Å². The summed E-state index contributed by atoms with van der Waals surface area (Å²) in [5.74, 6) is -2.38. The van der Waals surface area contributed by atoms with Gasteiger partial charge in [-0.05, 0) is 30.3 Å². The summed E-state index contributed by atoms with van der Waals surface area (Å²) < 4.78 is 83.7. The van der Waals surface area contributed by atoms with Crippen molar-refractivity contribution >= 4 is 31.4 Å². The SMILES string of the molecule is COc1ccc(NS(=O)(=O)c2c(F)cccc2F)cc1NS(C)(=O)=O. The smallest absolute Gasteiger partial charge is 0.267 e. The lowest BCUT2D eigenvalue weighted by molar-refractivity contribution is 0.417. The van der Waals surface area contributed by atoms with Gasteiger partial charge in [0.15, 0.2) is 4.90 Å². The number of anilines is 2. The van der Waals surface area contributed by atoms with Crippen molar-refractivity contribution in [2.24, 2.45) is 0 Å². The molecular formula is C14H14F2N2O5S2. The number of sulfonamides is 2. The first-order valence-corrected chi connectivity index (χ1v) is 10.0. The lowest BCUT2D eigenvalue weighted by Crippen LogP contribution is -2.17. The molecule has 11 heteroatoms. The van der Waals surface area contributed by atoms with E-state index in [1.165, 1.54) is 19.2 Å². The highest BCUT2D eigenvalue weighted by atomic mass is 32.2. The number of hydrogen-bond acceptors (Lipinski definition) is 5. The van der Waals surface area contributed by atoms with Crippen molar-refractivity contribution in [3.05, 3.63) is 48.0 Å². The van der Waals surface area contributed by atoms with Crippen molar-refractivity contribution in [2.45, 2.75) is 4.90 Å². The van der Waals surface area contributed by atoms with E-state index in [2.05, 4.69) is 4.72 Å². The van der Waals surface area contributed by atoms with Gasteiger partial charge in [0.1, 0.15) is 17.4 Å². The lowest BCUT2D eigenvalue weighted by atomic mass is 10.2. The van der Waals surface area contributed by atoms with Crippen LogP contribution in [0.3, 0.4) is 0 Å². The van der Waals surface area contributed by atoms with Crippen LogP contribution in [0, 0.1) is 11.6 Å². The van der Waals surface area contributed by atoms with Gasteiger partial charge in [-0.1, -0.05) is 6.07 Å². The minimum absolute atomic E-state index is 0.0424. The first kappa shape index (κ1) is 18.9. The average molecular weight is 392 g/mol. The lowest BCUT2D eigenvalue weighted by Gasteiger charge is -2.13. The molecule has 0 aliphatic rings. The summed E-state index contributed by atoms with van der Waals surface area (Å²) in [5.41, 5.74) is -0.159. The Labute approximate surface area is 143 Å². The third-order valence-corrected chi connectivity index (χ3v) is 4.96. The van der Waals surface area contributed by atoms with Crippen LogP contribution in [0.15, 0.2) is 41.3 Å². The van der Waals surface area contributed by atoms with Gasteiger partial charge >= 0.3 is 0 Å². The number of ether oxygens (including phenoxy) is 1. The Morgan fingerprint density at radius 3 is 2.08 bits per heavy atom. The molecule has 0 bridgehead atoms. The molecule has 25 heavy (non-hydrogen) atoms. The first-order chi connectivity index (χ1) is 11.5. The summed E-state index contributed by atoms with van der Waals surface area (Å²) in [6.45, 7) is 0. The fraction of sp³-hybridized carbons (Fsp3) is 0.143. The largest absolute Gasteiger partial charge is 0.495 e. The van der Waals surface area contributed by atoms with Gasteiger partial charge in [0.25, 0.3) is 10.0 Å². The summed E-state index contributed by atoms with van der Waals surface area (Å²) in [4.78, 5) is -1.14. The molecular weight excluding hydrogens is 378 g/mol. The highest BCUT2D eigenvalue weighted by Gasteiger charge is 2.24. The molecule has 0 aliphatic heterocycles. The second kappa shape index (κ2) is 6.84. The Morgan fingerprint density at radius 2 is 1.56 bits per heavy atom. The maximum absolute atomic E-state index is 13.7. The van der Waals surface area contributed by atoms with E-state index in [9.17, 15) is 25.6 Å². The summed E-state index contributed by atoms with van der Waals surface area (Å²) in [6, 6.07) is 6.32. The fourth-order valence-electron chi connectivity index (χ4n) is 2.00. The van der Waals surface area contributed by atoms with Crippen molar-refractivity contribution in [3.8, 4) is 5.75 Å². The molecule has 0 fully saturated rings. The van der Waals surface area contributed by atoms with Crippen LogP contribution >= 0.6 is 0 Å². The van der Waals surface area contributed by atoms with E-state index in [0.717, 1.165) is 30.5 Å². The summed E-state index contributed by atoms with van der Waals surface area (Å²) in [5, 5.41) is 0. The van der Waals surface area contributed by atoms with Crippen molar-refractivity contribution in [3.63, 3.8) is 0 Å². The molecule has 0 aliphatic carbocycles. The van der Waals surface area contributed by atoms with Crippen LogP contribution in [0.5, 0.6) is 5.75 Å². The molecule has 0 heterocycles. The molecule has 0 spiro atoms. The molecule has 0 radical (unpaired) electrons. The zero-order chi connectivity index (χ0) is 18.8. The maximum Gasteiger partial charge on any atom is 0.267 e. The Kier molecular flexibility index (Phi) is 5.18. The Hall–Kier alpha value is -2.40. The van der Waals surface area contributed by atoms with Crippen LogP contribution < -0.4 is 14.2 Å². The van der Waals surface area contributed by atoms with E-state index >= 15 is 0 Å². The Morgan fingerprint density at radius 1 is 0.960 bits per heavy atom. The van der Waals surface area contributed by atoms with E-state index in [1.807, 2.05) is 4.72 Å². The zero-order valence-corrected chi connectivity index (χ0v) is 14.7. The van der Waals surface area contributed by atoms with Gasteiger partial charge in [0, 0.05) is 0 Å². The molecule has 0 saturated heterocycles. The second-order valence-electron chi connectivity index (χ2n) is 4.95. The molecule has 0 atom stereocenters. The standard InChI is InChI=1S/C14H14F2N2O5S2/c1-23-13-7-6-9(8-12(13)18-24(2,19)20)17-25(21,22)14-10(15)4-3-5-11(14)16/h3-8,17-18H,1-2H3. The Bertz CT molecular complexity index is 988. The number of rotatable bonds is 6. The average Bonchev–Trinajstić information content (AvgIpc) is 2.44. The molecule has 0 saturated carbocycles. The third-order valence-electron chi connectivity index (χ3n) is 2.93. The molecule has 2 rings (SSSR count). The van der Waals surface area contributed by atoms with Crippen molar-refractivity contribution in [1.29, 1.82) is 0 Å². The van der Waals surface area contributed by atoms with Gasteiger partial charge in [-0.15, -0.1) is 0 Å². The first-order valence-electron chi connectivity index (χ1n) is 6.66. The van der Waals surface area contributed by atoms with Crippen LogP contribution in [0.25, 0.3) is 0 Å². The number of nitrogens with one attached hydrogen (secondary N) is 2. The van der Waals surface area contributed by atoms with Crippen LogP contribution in [-0.4, -0.2) is 30.2 Å². The van der Waals surface area contributed by atoms with Gasteiger partial charge in [-0.3, -0.25) is 9.44 Å². The molecule has 2 aromatic rings. The van der Waals surface area contributed by atoms with E-state index < -0.39 is 36.6 Å². The molecule has 2 N–H and O–H groups in total. The molecule has 136 valence electrons. The van der Waals surface area contributed by atoms with Crippen molar-refractivity contribution < 1.29 is 30.4 Å². The van der Waals surface area contributed by atoms with E-state index in [0.29, 0.717) is 0 Å². The van der Waals surface area contributed by atoms with Gasteiger partial charge in [0.05, 0.1) is 24.7 Å². The number of halogens is 2. The highest BCUT2D eigenvalue weighted by Crippen LogP contribution is 2.30. The fourth-order valence-corrected chi connectivity index (χ4v) is 3.74. The Balaban J connectivity index is 2.45. The monoisotopic (exact) mass is 392 g/mol. The van der Waals surface area contributed by atoms with Gasteiger partial charge in [-0.25, -0.2) is 25.6 Å².